The highest BCUT2D eigenvalue weighted by Crippen LogP contribution is 2.32. The Kier molecular flexibility index (Phi) is 12.3. The molecular formula is C28H45NO2S. The number of aryl methyl sites for hydroxylation is 1. The monoisotopic (exact) mass is 459 g/mol. The molecule has 0 saturated carbocycles. The molecular weight excluding hydrogens is 414 g/mol. The number of unbranched alkanes of at least 4 members (excludes halogenated alkanes) is 12. The molecule has 0 amide bonds. The molecule has 0 heterocycles. The van der Waals surface area contributed by atoms with E-state index in [1.54, 1.807) is 0 Å². The molecule has 0 radical (unpaired) electrons. The van der Waals surface area contributed by atoms with Crippen LogP contribution in [0.5, 0.6) is 0 Å². The van der Waals surface area contributed by atoms with E-state index in [2.05, 4.69) is 19.9 Å². The van der Waals surface area contributed by atoms with Crippen LogP contribution >= 0.6 is 0 Å². The van der Waals surface area contributed by atoms with Crippen molar-refractivity contribution in [3.63, 3.8) is 0 Å². The zero-order chi connectivity index (χ0) is 23.2. The molecule has 0 aliphatic rings. The Morgan fingerprint density at radius 1 is 0.688 bits per heavy atom. The summed E-state index contributed by atoms with van der Waals surface area (Å²) in [7, 11) is -3.78. The lowest BCUT2D eigenvalue weighted by molar-refractivity contribution is 0.579. The molecule has 0 aromatic heterocycles. The van der Waals surface area contributed by atoms with Gasteiger partial charge in [-0.25, -0.2) is 13.6 Å². The third-order valence-electron chi connectivity index (χ3n) is 6.56. The normalized spacial score (nSPS) is 12.0. The summed E-state index contributed by atoms with van der Waals surface area (Å²) in [5.74, 6) is 0. The summed E-state index contributed by atoms with van der Waals surface area (Å²) in [5.41, 5.74) is 2.16. The first kappa shape index (κ1) is 26.9. The van der Waals surface area contributed by atoms with Gasteiger partial charge >= 0.3 is 0 Å². The summed E-state index contributed by atoms with van der Waals surface area (Å²) < 4.78 is 25.4. The molecule has 0 aliphatic heterocycles. The lowest BCUT2D eigenvalue weighted by Gasteiger charge is -2.17. The van der Waals surface area contributed by atoms with E-state index in [1.807, 2.05) is 24.3 Å². The predicted molar refractivity (Wildman–Crippen MR) is 139 cm³/mol. The van der Waals surface area contributed by atoms with Crippen molar-refractivity contribution in [2.75, 3.05) is 0 Å². The van der Waals surface area contributed by atoms with Crippen LogP contribution in [-0.2, 0) is 22.9 Å². The SMILES string of the molecule is CCCCCCCCCc1cc2ccccc2c(S(N)(=O)=O)c1CCCCCCCCC. The van der Waals surface area contributed by atoms with Gasteiger partial charge in [-0.15, -0.1) is 0 Å². The number of fused-ring (bicyclic) bond motifs is 1. The molecule has 2 aromatic carbocycles. The minimum Gasteiger partial charge on any atom is -0.225 e. The largest absolute Gasteiger partial charge is 0.238 e. The molecule has 0 aliphatic carbocycles. The minimum absolute atomic E-state index is 0.375. The Morgan fingerprint density at radius 2 is 1.19 bits per heavy atom. The van der Waals surface area contributed by atoms with Gasteiger partial charge in [0, 0.05) is 5.39 Å². The number of hydrogen-bond donors (Lipinski definition) is 1. The Bertz CT molecular complexity index is 905. The Morgan fingerprint density at radius 3 is 1.75 bits per heavy atom. The van der Waals surface area contributed by atoms with Crippen molar-refractivity contribution in [2.24, 2.45) is 5.14 Å². The summed E-state index contributed by atoms with van der Waals surface area (Å²) in [5, 5.41) is 7.53. The average molecular weight is 460 g/mol. The van der Waals surface area contributed by atoms with E-state index in [4.69, 9.17) is 5.14 Å². The van der Waals surface area contributed by atoms with Gasteiger partial charge in [0.2, 0.25) is 10.0 Å². The molecule has 0 fully saturated rings. The third-order valence-corrected chi connectivity index (χ3v) is 7.60. The molecule has 2 rings (SSSR count). The van der Waals surface area contributed by atoms with Crippen LogP contribution in [0.1, 0.15) is 115 Å². The van der Waals surface area contributed by atoms with E-state index in [1.165, 1.54) is 76.2 Å². The van der Waals surface area contributed by atoms with Crippen LogP contribution in [0.3, 0.4) is 0 Å². The van der Waals surface area contributed by atoms with Crippen LogP contribution in [0, 0.1) is 0 Å². The second-order valence-electron chi connectivity index (χ2n) is 9.35. The molecule has 180 valence electrons. The zero-order valence-electron chi connectivity index (χ0n) is 20.5. The molecule has 0 saturated heterocycles. The van der Waals surface area contributed by atoms with Gasteiger partial charge in [0.1, 0.15) is 0 Å². The van der Waals surface area contributed by atoms with Crippen molar-refractivity contribution in [1.29, 1.82) is 0 Å². The average Bonchev–Trinajstić information content (AvgIpc) is 2.76. The molecule has 4 heteroatoms. The minimum atomic E-state index is -3.78. The Labute approximate surface area is 197 Å². The number of rotatable bonds is 17. The number of hydrogen-bond acceptors (Lipinski definition) is 2. The van der Waals surface area contributed by atoms with Gasteiger partial charge in [0.05, 0.1) is 4.90 Å². The van der Waals surface area contributed by atoms with Gasteiger partial charge in [-0.1, -0.05) is 121 Å². The van der Waals surface area contributed by atoms with Crippen molar-refractivity contribution >= 4 is 20.8 Å². The quantitative estimate of drug-likeness (QED) is 0.243. The number of benzene rings is 2. The van der Waals surface area contributed by atoms with Crippen molar-refractivity contribution in [3.05, 3.63) is 41.5 Å². The maximum Gasteiger partial charge on any atom is 0.238 e. The van der Waals surface area contributed by atoms with Crippen molar-refractivity contribution in [1.82, 2.24) is 0 Å². The van der Waals surface area contributed by atoms with Crippen LogP contribution in [0.15, 0.2) is 35.2 Å². The van der Waals surface area contributed by atoms with E-state index < -0.39 is 10.0 Å². The van der Waals surface area contributed by atoms with E-state index >= 15 is 0 Å². The van der Waals surface area contributed by atoms with Crippen molar-refractivity contribution in [3.8, 4) is 0 Å². The Hall–Kier alpha value is -1.39. The van der Waals surface area contributed by atoms with Crippen molar-refractivity contribution in [2.45, 2.75) is 121 Å². The van der Waals surface area contributed by atoms with Gasteiger partial charge in [-0.3, -0.25) is 0 Å². The van der Waals surface area contributed by atoms with Gasteiger partial charge in [-0.05, 0) is 42.2 Å². The van der Waals surface area contributed by atoms with E-state index in [0.717, 1.165) is 48.4 Å². The first-order valence-electron chi connectivity index (χ1n) is 13.0. The van der Waals surface area contributed by atoms with E-state index in [-0.39, 0.29) is 0 Å². The summed E-state index contributed by atoms with van der Waals surface area (Å²) in [6.07, 6.45) is 19.1. The predicted octanol–water partition coefficient (Wildman–Crippen LogP) is 8.07. The van der Waals surface area contributed by atoms with Crippen LogP contribution in [-0.4, -0.2) is 8.42 Å². The van der Waals surface area contributed by atoms with Gasteiger partial charge in [0.25, 0.3) is 0 Å². The number of primary sulfonamides is 1. The van der Waals surface area contributed by atoms with Gasteiger partial charge in [-0.2, -0.15) is 0 Å². The van der Waals surface area contributed by atoms with Crippen molar-refractivity contribution < 1.29 is 8.42 Å². The highest BCUT2D eigenvalue weighted by atomic mass is 32.2. The molecule has 3 nitrogen and oxygen atoms in total. The highest BCUT2D eigenvalue weighted by Gasteiger charge is 2.21. The zero-order valence-corrected chi connectivity index (χ0v) is 21.3. The number of sulfonamides is 1. The highest BCUT2D eigenvalue weighted by molar-refractivity contribution is 7.89. The van der Waals surface area contributed by atoms with E-state index in [9.17, 15) is 8.42 Å². The fraction of sp³-hybridized carbons (Fsp3) is 0.643. The maximum atomic E-state index is 12.7. The number of nitrogens with two attached hydrogens (primary N) is 1. The molecule has 2 N–H and O–H groups in total. The lowest BCUT2D eigenvalue weighted by Crippen LogP contribution is -2.17. The summed E-state index contributed by atoms with van der Waals surface area (Å²) in [4.78, 5) is 0.375. The van der Waals surface area contributed by atoms with Crippen LogP contribution < -0.4 is 5.14 Å². The standard InChI is InChI=1S/C28H45NO2S/c1-3-5-7-9-11-13-15-19-24-23-25-20-17-18-22-27(25)28(32(29,30)31)26(24)21-16-14-12-10-8-6-4-2/h17-18,20,22-23H,3-16,19,21H2,1-2H3,(H2,29,30,31). The fourth-order valence-electron chi connectivity index (χ4n) is 4.77. The maximum absolute atomic E-state index is 12.7. The first-order valence-corrected chi connectivity index (χ1v) is 14.6. The first-order chi connectivity index (χ1) is 15.5. The lowest BCUT2D eigenvalue weighted by atomic mass is 9.93. The van der Waals surface area contributed by atoms with Gasteiger partial charge < -0.3 is 0 Å². The molecule has 0 spiro atoms. The smallest absolute Gasteiger partial charge is 0.225 e. The molecule has 2 aromatic rings. The van der Waals surface area contributed by atoms with E-state index in [0.29, 0.717) is 4.90 Å². The molecule has 32 heavy (non-hydrogen) atoms. The van der Waals surface area contributed by atoms with Crippen LogP contribution in [0.4, 0.5) is 0 Å². The topological polar surface area (TPSA) is 60.2 Å². The summed E-state index contributed by atoms with van der Waals surface area (Å²) in [6, 6.07) is 10.0. The Balaban J connectivity index is 2.15. The summed E-state index contributed by atoms with van der Waals surface area (Å²) >= 11 is 0. The third kappa shape index (κ3) is 8.86. The second kappa shape index (κ2) is 14.7. The summed E-state index contributed by atoms with van der Waals surface area (Å²) in [6.45, 7) is 4.48. The molecule has 0 unspecified atom stereocenters. The molecule has 0 bridgehead atoms. The van der Waals surface area contributed by atoms with Crippen LogP contribution in [0.2, 0.25) is 0 Å². The molecule has 0 atom stereocenters. The van der Waals surface area contributed by atoms with Gasteiger partial charge in [0.15, 0.2) is 0 Å². The second-order valence-corrected chi connectivity index (χ2v) is 10.9. The van der Waals surface area contributed by atoms with Crippen LogP contribution in [0.25, 0.3) is 10.8 Å². The fourth-order valence-corrected chi connectivity index (χ4v) is 5.84.